The molecule has 0 N–H and O–H groups in total. The van der Waals surface area contributed by atoms with Crippen LogP contribution in [-0.2, 0) is 15.6 Å². The fraction of sp³-hybridized carbons (Fsp3) is 0.667. The van der Waals surface area contributed by atoms with Gasteiger partial charge >= 0.3 is 6.18 Å². The predicted octanol–water partition coefficient (Wildman–Crippen LogP) is 7.35. The van der Waals surface area contributed by atoms with E-state index in [-0.39, 0.29) is 42.4 Å². The van der Waals surface area contributed by atoms with Gasteiger partial charge in [-0.15, -0.1) is 0 Å². The standard InChI is InChI=1S/C33H35F4N5O3/c34-23-17-31(15-21(23)16-31)28(43)42(22-3-1-2-20(14-22)25-38-24(40-44-25)19-4-5-19)18-29-6-9-30(10-7-29,11-8-29)26-39-27(45-41-26)32(12-13-32)33(35,36)37/h1-3,14,19,21,23H,4-13,15-18H2. The first-order chi connectivity index (χ1) is 21.5. The lowest BCUT2D eigenvalue weighted by Gasteiger charge is -2.54. The van der Waals surface area contributed by atoms with E-state index >= 15 is 0 Å². The van der Waals surface area contributed by atoms with Gasteiger partial charge in [0, 0.05) is 29.1 Å². The summed E-state index contributed by atoms with van der Waals surface area (Å²) in [6.45, 7) is 0.501. The van der Waals surface area contributed by atoms with Crippen LogP contribution in [0.5, 0.6) is 0 Å². The molecule has 12 heteroatoms. The third kappa shape index (κ3) is 4.18. The average Bonchev–Trinajstić information content (AvgIpc) is 3.85. The molecule has 1 atom stereocenters. The second-order valence-electron chi connectivity index (χ2n) is 15.1. The zero-order chi connectivity index (χ0) is 30.8. The third-order valence-corrected chi connectivity index (χ3v) is 12.4. The molecule has 8 nitrogen and oxygen atoms in total. The van der Waals surface area contributed by atoms with Crippen LogP contribution < -0.4 is 4.90 Å². The second kappa shape index (κ2) is 9.15. The molecule has 4 bridgehead atoms. The normalized spacial score (nSPS) is 34.5. The highest BCUT2D eigenvalue weighted by Gasteiger charge is 2.68. The number of benzene rings is 1. The summed E-state index contributed by atoms with van der Waals surface area (Å²) < 4.78 is 66.7. The van der Waals surface area contributed by atoms with E-state index in [0.29, 0.717) is 42.8 Å². The first-order valence-corrected chi connectivity index (χ1v) is 16.3. The summed E-state index contributed by atoms with van der Waals surface area (Å²) in [5.41, 5.74) is -1.74. The predicted molar refractivity (Wildman–Crippen MR) is 152 cm³/mol. The molecule has 0 saturated heterocycles. The van der Waals surface area contributed by atoms with Crippen molar-refractivity contribution in [3.05, 3.63) is 41.8 Å². The second-order valence-corrected chi connectivity index (χ2v) is 15.1. The lowest BCUT2D eigenvalue weighted by Crippen LogP contribution is -2.54. The zero-order valence-corrected chi connectivity index (χ0v) is 24.9. The smallest absolute Gasteiger partial charge is 0.338 e. The van der Waals surface area contributed by atoms with Crippen LogP contribution in [0.3, 0.4) is 0 Å². The van der Waals surface area contributed by atoms with Crippen molar-refractivity contribution in [2.75, 3.05) is 11.4 Å². The van der Waals surface area contributed by atoms with E-state index in [1.807, 2.05) is 29.2 Å². The highest BCUT2D eigenvalue weighted by atomic mass is 19.4. The Morgan fingerprint density at radius 1 is 0.933 bits per heavy atom. The Hall–Kier alpha value is -3.31. The molecular formula is C33H35F4N5O3. The van der Waals surface area contributed by atoms with Crippen molar-refractivity contribution in [3.63, 3.8) is 0 Å². The van der Waals surface area contributed by atoms with E-state index in [1.165, 1.54) is 0 Å². The molecule has 2 aromatic heterocycles. The van der Waals surface area contributed by atoms with E-state index < -0.39 is 28.6 Å². The van der Waals surface area contributed by atoms with Gasteiger partial charge in [0.15, 0.2) is 11.6 Å². The molecule has 11 rings (SSSR count). The summed E-state index contributed by atoms with van der Waals surface area (Å²) in [7, 11) is 0. The molecule has 45 heavy (non-hydrogen) atoms. The summed E-state index contributed by atoms with van der Waals surface area (Å²) in [6, 6.07) is 7.65. The van der Waals surface area contributed by atoms with Gasteiger partial charge in [0.05, 0.1) is 5.41 Å². The highest BCUT2D eigenvalue weighted by molar-refractivity contribution is 5.99. The van der Waals surface area contributed by atoms with Crippen molar-refractivity contribution in [2.24, 2.45) is 16.7 Å². The van der Waals surface area contributed by atoms with Crippen LogP contribution in [0.25, 0.3) is 11.5 Å². The first kappa shape index (κ1) is 28.0. The molecule has 8 aliphatic rings. The van der Waals surface area contributed by atoms with Gasteiger partial charge in [-0.2, -0.15) is 23.1 Å². The van der Waals surface area contributed by atoms with E-state index in [2.05, 4.69) is 20.3 Å². The van der Waals surface area contributed by atoms with E-state index in [4.69, 9.17) is 9.05 Å². The van der Waals surface area contributed by atoms with Crippen molar-refractivity contribution in [1.29, 1.82) is 0 Å². The van der Waals surface area contributed by atoms with Crippen LogP contribution in [0.4, 0.5) is 23.2 Å². The van der Waals surface area contributed by atoms with Crippen molar-refractivity contribution in [1.82, 2.24) is 20.3 Å². The average molecular weight is 626 g/mol. The van der Waals surface area contributed by atoms with Crippen LogP contribution in [0.15, 0.2) is 33.3 Å². The van der Waals surface area contributed by atoms with E-state index in [1.54, 1.807) is 0 Å². The number of rotatable bonds is 8. The number of halogens is 4. The Morgan fingerprint density at radius 2 is 1.67 bits per heavy atom. The topological polar surface area (TPSA) is 98.2 Å². The Labute approximate surface area is 257 Å². The minimum atomic E-state index is -4.40. The van der Waals surface area contributed by atoms with Gasteiger partial charge in [0.2, 0.25) is 11.8 Å². The van der Waals surface area contributed by atoms with Crippen molar-refractivity contribution >= 4 is 11.6 Å². The summed E-state index contributed by atoms with van der Waals surface area (Å²) >= 11 is 0. The first-order valence-electron chi connectivity index (χ1n) is 16.3. The Bertz CT molecular complexity index is 1640. The SMILES string of the molecule is O=C(N(CC12CCC(c3noc(C4(C(F)(F)F)CC4)n3)(CC1)CC2)c1cccc(-c2nc(C3CC3)no2)c1)C12CC(F)C(C1)C2. The summed E-state index contributed by atoms with van der Waals surface area (Å²) in [5, 5.41) is 8.27. The Balaban J connectivity index is 0.986. The van der Waals surface area contributed by atoms with Crippen LogP contribution >= 0.6 is 0 Å². The quantitative estimate of drug-likeness (QED) is 0.241. The Kier molecular flexibility index (Phi) is 5.69. The molecule has 8 saturated carbocycles. The Morgan fingerprint density at radius 3 is 2.29 bits per heavy atom. The third-order valence-electron chi connectivity index (χ3n) is 12.4. The number of aromatic nitrogens is 4. The van der Waals surface area contributed by atoms with Gasteiger partial charge in [-0.25, -0.2) is 4.39 Å². The van der Waals surface area contributed by atoms with Crippen molar-refractivity contribution < 1.29 is 31.4 Å². The molecule has 8 aliphatic carbocycles. The van der Waals surface area contributed by atoms with Crippen LogP contribution in [0.1, 0.15) is 107 Å². The lowest BCUT2D eigenvalue weighted by atomic mass is 9.53. The molecule has 0 spiro atoms. The lowest BCUT2D eigenvalue weighted by molar-refractivity contribution is -0.166. The largest absolute Gasteiger partial charge is 0.403 e. The molecule has 0 radical (unpaired) electrons. The van der Waals surface area contributed by atoms with Gasteiger partial charge in [-0.1, -0.05) is 16.4 Å². The fourth-order valence-corrected chi connectivity index (χ4v) is 8.95. The summed E-state index contributed by atoms with van der Waals surface area (Å²) in [5.74, 6) is 1.55. The molecule has 3 aromatic rings. The van der Waals surface area contributed by atoms with Gasteiger partial charge in [0.1, 0.15) is 11.6 Å². The molecule has 238 valence electrons. The maximum absolute atomic E-state index is 14.7. The van der Waals surface area contributed by atoms with Crippen LogP contribution in [0, 0.1) is 16.7 Å². The number of nitrogens with zero attached hydrogens (tertiary/aromatic N) is 5. The molecule has 1 aromatic carbocycles. The summed E-state index contributed by atoms with van der Waals surface area (Å²) in [6.07, 6.45) is 2.75. The van der Waals surface area contributed by atoms with Gasteiger partial charge in [0.25, 0.3) is 5.89 Å². The van der Waals surface area contributed by atoms with E-state index in [0.717, 1.165) is 62.6 Å². The molecule has 2 heterocycles. The van der Waals surface area contributed by atoms with Gasteiger partial charge < -0.3 is 13.9 Å². The number of alkyl halides is 4. The number of hydrogen-bond acceptors (Lipinski definition) is 7. The van der Waals surface area contributed by atoms with Gasteiger partial charge in [-0.3, -0.25) is 4.79 Å². The fourth-order valence-electron chi connectivity index (χ4n) is 8.95. The van der Waals surface area contributed by atoms with E-state index in [9.17, 15) is 22.4 Å². The zero-order valence-electron chi connectivity index (χ0n) is 24.9. The molecular weight excluding hydrogens is 590 g/mol. The van der Waals surface area contributed by atoms with Gasteiger partial charge in [-0.05, 0) is 113 Å². The van der Waals surface area contributed by atoms with Crippen LogP contribution in [-0.4, -0.2) is 45.1 Å². The number of hydrogen-bond donors (Lipinski definition) is 0. The molecule has 8 fully saturated rings. The number of anilines is 1. The number of amides is 1. The summed E-state index contributed by atoms with van der Waals surface area (Å²) in [4.78, 5) is 25.3. The van der Waals surface area contributed by atoms with Crippen molar-refractivity contribution in [3.8, 4) is 11.5 Å². The molecule has 1 amide bonds. The molecule has 0 aliphatic heterocycles. The minimum absolute atomic E-state index is 0.0123. The minimum Gasteiger partial charge on any atom is -0.338 e. The molecule has 1 unspecified atom stereocenters. The van der Waals surface area contributed by atoms with Crippen LogP contribution in [0.2, 0.25) is 0 Å². The number of carbonyl (C=O) groups is 1. The maximum atomic E-state index is 14.7. The number of carbonyl (C=O) groups excluding carboxylic acids is 1. The monoisotopic (exact) mass is 625 g/mol. The maximum Gasteiger partial charge on any atom is 0.403 e. The number of fused-ring (bicyclic) bond motifs is 4. The highest BCUT2D eigenvalue weighted by Crippen LogP contribution is 2.63. The van der Waals surface area contributed by atoms with Crippen molar-refractivity contribution in [2.45, 2.75) is 113 Å².